The van der Waals surface area contributed by atoms with Crippen molar-refractivity contribution in [2.75, 3.05) is 5.75 Å². The molecule has 0 atom stereocenters. The first-order chi connectivity index (χ1) is 10.9. The van der Waals surface area contributed by atoms with Gasteiger partial charge in [-0.2, -0.15) is 0 Å². The molecule has 0 fully saturated rings. The Morgan fingerprint density at radius 1 is 1.00 bits per heavy atom. The van der Waals surface area contributed by atoms with Crippen LogP contribution in [0.25, 0.3) is 21.3 Å². The highest BCUT2D eigenvalue weighted by molar-refractivity contribution is 7.99. The fraction of sp³-hybridized carbons (Fsp3) is 0.0588. The van der Waals surface area contributed by atoms with Gasteiger partial charge in [-0.15, -0.1) is 10.2 Å². The SMILES string of the molecule is C(=C/c1ccccc1)/CSc1nnc2sc3ccccc3n12. The number of hydrogen-bond acceptors (Lipinski definition) is 4. The minimum Gasteiger partial charge on any atom is -0.260 e. The number of rotatable bonds is 4. The number of fused-ring (bicyclic) bond motifs is 3. The highest BCUT2D eigenvalue weighted by Gasteiger charge is 2.11. The number of aromatic nitrogens is 3. The summed E-state index contributed by atoms with van der Waals surface area (Å²) in [6.45, 7) is 0. The summed E-state index contributed by atoms with van der Waals surface area (Å²) in [6, 6.07) is 18.7. The van der Waals surface area contributed by atoms with E-state index in [2.05, 4.69) is 63.1 Å². The van der Waals surface area contributed by atoms with Crippen molar-refractivity contribution in [3.05, 3.63) is 66.2 Å². The number of benzene rings is 2. The Labute approximate surface area is 136 Å². The second-order valence-corrected chi connectivity index (χ2v) is 6.79. The normalized spacial score (nSPS) is 11.8. The van der Waals surface area contributed by atoms with Crippen molar-refractivity contribution in [3.8, 4) is 0 Å². The average molecular weight is 323 g/mol. The molecule has 0 radical (unpaired) electrons. The molecule has 3 nitrogen and oxygen atoms in total. The van der Waals surface area contributed by atoms with Gasteiger partial charge >= 0.3 is 0 Å². The van der Waals surface area contributed by atoms with Crippen LogP contribution in [0.1, 0.15) is 5.56 Å². The van der Waals surface area contributed by atoms with E-state index in [1.807, 2.05) is 18.2 Å². The molecule has 0 aliphatic rings. The standard InChI is InChI=1S/C17H13N3S2/c1-2-7-13(8-3-1)9-6-12-21-16-18-19-17-20(16)14-10-4-5-11-15(14)22-17/h1-11H,12H2/b9-6-. The monoisotopic (exact) mass is 323 g/mol. The molecule has 5 heteroatoms. The van der Waals surface area contributed by atoms with Crippen LogP contribution in [0.15, 0.2) is 65.8 Å². The molecule has 4 rings (SSSR count). The van der Waals surface area contributed by atoms with Crippen molar-refractivity contribution < 1.29 is 0 Å². The molecule has 0 N–H and O–H groups in total. The molecule has 4 aromatic rings. The Morgan fingerprint density at radius 2 is 1.82 bits per heavy atom. The van der Waals surface area contributed by atoms with Gasteiger partial charge < -0.3 is 0 Å². The Kier molecular flexibility index (Phi) is 3.66. The van der Waals surface area contributed by atoms with E-state index in [9.17, 15) is 0 Å². The Bertz CT molecular complexity index is 938. The fourth-order valence-electron chi connectivity index (χ4n) is 2.32. The van der Waals surface area contributed by atoms with Gasteiger partial charge in [0.05, 0.1) is 10.2 Å². The topological polar surface area (TPSA) is 30.2 Å². The third kappa shape index (κ3) is 2.53. The van der Waals surface area contributed by atoms with E-state index in [-0.39, 0.29) is 0 Å². The predicted octanol–water partition coefficient (Wildman–Crippen LogP) is 4.75. The molecular weight excluding hydrogens is 310 g/mol. The lowest BCUT2D eigenvalue weighted by atomic mass is 10.2. The van der Waals surface area contributed by atoms with E-state index in [0.29, 0.717) is 0 Å². The van der Waals surface area contributed by atoms with E-state index in [0.717, 1.165) is 15.9 Å². The highest BCUT2D eigenvalue weighted by atomic mass is 32.2. The number of thiazole rings is 1. The maximum absolute atomic E-state index is 4.30. The number of hydrogen-bond donors (Lipinski definition) is 0. The van der Waals surface area contributed by atoms with Crippen LogP contribution >= 0.6 is 23.1 Å². The predicted molar refractivity (Wildman–Crippen MR) is 94.6 cm³/mol. The first kappa shape index (κ1) is 13.5. The van der Waals surface area contributed by atoms with E-state index in [1.165, 1.54) is 15.8 Å². The first-order valence-electron chi connectivity index (χ1n) is 6.99. The van der Waals surface area contributed by atoms with Crippen LogP contribution in [-0.2, 0) is 0 Å². The lowest BCUT2D eigenvalue weighted by molar-refractivity contribution is 0.943. The lowest BCUT2D eigenvalue weighted by Crippen LogP contribution is -1.85. The number of para-hydroxylation sites is 1. The molecule has 0 unspecified atom stereocenters. The van der Waals surface area contributed by atoms with Crippen LogP contribution in [0.2, 0.25) is 0 Å². The maximum atomic E-state index is 4.30. The Morgan fingerprint density at radius 3 is 2.73 bits per heavy atom. The van der Waals surface area contributed by atoms with Crippen molar-refractivity contribution in [2.45, 2.75) is 5.16 Å². The molecule has 0 bridgehead atoms. The van der Waals surface area contributed by atoms with Gasteiger partial charge in [-0.3, -0.25) is 4.40 Å². The highest BCUT2D eigenvalue weighted by Crippen LogP contribution is 2.29. The zero-order valence-electron chi connectivity index (χ0n) is 11.7. The number of thioether (sulfide) groups is 1. The third-order valence-corrected chi connectivity index (χ3v) is 5.22. The minimum atomic E-state index is 0.875. The van der Waals surface area contributed by atoms with Crippen LogP contribution in [0.5, 0.6) is 0 Å². The summed E-state index contributed by atoms with van der Waals surface area (Å²) in [7, 11) is 0. The van der Waals surface area contributed by atoms with Gasteiger partial charge in [0, 0.05) is 5.75 Å². The van der Waals surface area contributed by atoms with Crippen LogP contribution in [0.3, 0.4) is 0 Å². The molecule has 2 aromatic heterocycles. The summed E-state index contributed by atoms with van der Waals surface area (Å²) < 4.78 is 3.38. The van der Waals surface area contributed by atoms with Gasteiger partial charge in [-0.25, -0.2) is 0 Å². The molecule has 0 spiro atoms. The van der Waals surface area contributed by atoms with E-state index < -0.39 is 0 Å². The summed E-state index contributed by atoms with van der Waals surface area (Å²) in [4.78, 5) is 0.954. The van der Waals surface area contributed by atoms with Crippen LogP contribution in [-0.4, -0.2) is 20.4 Å². The smallest absolute Gasteiger partial charge is 0.217 e. The van der Waals surface area contributed by atoms with Gasteiger partial charge in [0.1, 0.15) is 0 Å². The molecule has 0 saturated carbocycles. The zero-order valence-corrected chi connectivity index (χ0v) is 13.3. The van der Waals surface area contributed by atoms with Crippen molar-refractivity contribution in [1.29, 1.82) is 0 Å². The van der Waals surface area contributed by atoms with Crippen molar-refractivity contribution in [2.24, 2.45) is 0 Å². The molecule has 0 amide bonds. The van der Waals surface area contributed by atoms with Gasteiger partial charge in [0.2, 0.25) is 4.96 Å². The van der Waals surface area contributed by atoms with Crippen LogP contribution in [0, 0.1) is 0 Å². The molecular formula is C17H13N3S2. The zero-order chi connectivity index (χ0) is 14.8. The Hall–Kier alpha value is -2.11. The molecule has 0 aliphatic carbocycles. The summed E-state index contributed by atoms with van der Waals surface area (Å²) in [5, 5.41) is 9.53. The lowest BCUT2D eigenvalue weighted by Gasteiger charge is -1.96. The van der Waals surface area contributed by atoms with Gasteiger partial charge in [-0.05, 0) is 17.7 Å². The van der Waals surface area contributed by atoms with Crippen molar-refractivity contribution >= 4 is 44.4 Å². The quantitative estimate of drug-likeness (QED) is 0.508. The van der Waals surface area contributed by atoms with E-state index in [4.69, 9.17) is 0 Å². The second-order valence-electron chi connectivity index (χ2n) is 4.79. The molecule has 108 valence electrons. The molecule has 0 saturated heterocycles. The maximum Gasteiger partial charge on any atom is 0.217 e. The number of nitrogens with zero attached hydrogens (tertiary/aromatic N) is 3. The van der Waals surface area contributed by atoms with Gasteiger partial charge in [-0.1, -0.05) is 77.7 Å². The molecule has 2 heterocycles. The van der Waals surface area contributed by atoms with Gasteiger partial charge in [0.25, 0.3) is 0 Å². The van der Waals surface area contributed by atoms with Crippen LogP contribution in [0.4, 0.5) is 0 Å². The molecule has 0 aliphatic heterocycles. The van der Waals surface area contributed by atoms with Crippen molar-refractivity contribution in [3.63, 3.8) is 0 Å². The summed E-state index contributed by atoms with van der Waals surface area (Å²) in [5.74, 6) is 0.875. The fourth-order valence-corrected chi connectivity index (χ4v) is 4.10. The summed E-state index contributed by atoms with van der Waals surface area (Å²) >= 11 is 3.38. The second kappa shape index (κ2) is 5.94. The third-order valence-electron chi connectivity index (χ3n) is 3.33. The first-order valence-corrected chi connectivity index (χ1v) is 8.79. The molecule has 2 aromatic carbocycles. The summed E-state index contributed by atoms with van der Waals surface area (Å²) in [6.07, 6.45) is 4.30. The van der Waals surface area contributed by atoms with Gasteiger partial charge in [0.15, 0.2) is 5.16 Å². The van der Waals surface area contributed by atoms with Crippen molar-refractivity contribution in [1.82, 2.24) is 14.6 Å². The molecule has 22 heavy (non-hydrogen) atoms. The summed E-state index contributed by atoms with van der Waals surface area (Å²) in [5.41, 5.74) is 2.40. The largest absolute Gasteiger partial charge is 0.260 e. The average Bonchev–Trinajstić information content (AvgIpc) is 3.12. The van der Waals surface area contributed by atoms with Crippen LogP contribution < -0.4 is 0 Å². The van der Waals surface area contributed by atoms with E-state index in [1.54, 1.807) is 23.1 Å². The minimum absolute atomic E-state index is 0.875. The Balaban J connectivity index is 1.56. The van der Waals surface area contributed by atoms with E-state index >= 15 is 0 Å².